The average molecular weight is 640 g/mol. The second-order valence-corrected chi connectivity index (χ2v) is 13.2. The highest BCUT2D eigenvalue weighted by Crippen LogP contribution is 2.32. The molecule has 13 nitrogen and oxygen atoms in total. The van der Waals surface area contributed by atoms with Crippen LogP contribution in [0.5, 0.6) is 5.75 Å². The van der Waals surface area contributed by atoms with Gasteiger partial charge in [-0.25, -0.2) is 16.8 Å². The molecule has 0 bridgehead atoms. The van der Waals surface area contributed by atoms with Crippen LogP contribution in [0.4, 0.5) is 28.4 Å². The van der Waals surface area contributed by atoms with Gasteiger partial charge < -0.3 is 15.2 Å². The summed E-state index contributed by atoms with van der Waals surface area (Å²) in [5, 5.41) is 32.8. The Bertz CT molecular complexity index is 1880. The van der Waals surface area contributed by atoms with Crippen molar-refractivity contribution in [3.8, 4) is 5.75 Å². The van der Waals surface area contributed by atoms with E-state index in [4.69, 9.17) is 4.74 Å². The number of aliphatic hydroxyl groups excluding tert-OH is 1. The van der Waals surface area contributed by atoms with Crippen LogP contribution < -0.4 is 14.2 Å². The van der Waals surface area contributed by atoms with Gasteiger partial charge in [0.15, 0.2) is 0 Å². The number of nitrogens with one attached hydrogen (secondary N) is 2. The molecule has 0 amide bonds. The van der Waals surface area contributed by atoms with Crippen molar-refractivity contribution in [1.29, 1.82) is 0 Å². The van der Waals surface area contributed by atoms with Crippen molar-refractivity contribution in [3.63, 3.8) is 0 Å². The Morgan fingerprint density at radius 2 is 1.57 bits per heavy atom. The van der Waals surface area contributed by atoms with Crippen LogP contribution in [0.15, 0.2) is 111 Å². The van der Waals surface area contributed by atoms with Gasteiger partial charge in [0.2, 0.25) is 0 Å². The van der Waals surface area contributed by atoms with E-state index in [1.54, 1.807) is 52.7 Å². The Kier molecular flexibility index (Phi) is 10.1. The van der Waals surface area contributed by atoms with Crippen LogP contribution in [-0.2, 0) is 20.0 Å². The molecule has 15 heteroatoms. The summed E-state index contributed by atoms with van der Waals surface area (Å²) >= 11 is 0. The molecule has 3 N–H and O–H groups in total. The zero-order valence-electron chi connectivity index (χ0n) is 23.6. The summed E-state index contributed by atoms with van der Waals surface area (Å²) in [6.45, 7) is 3.91. The molecule has 0 aliphatic heterocycles. The van der Waals surface area contributed by atoms with Gasteiger partial charge in [0, 0.05) is 11.8 Å². The lowest BCUT2D eigenvalue weighted by molar-refractivity contribution is -0.384. The second kappa shape index (κ2) is 13.7. The number of sulfonamides is 2. The predicted molar refractivity (Wildman–Crippen MR) is 164 cm³/mol. The first-order valence-electron chi connectivity index (χ1n) is 13.2. The number of rotatable bonds is 13. The number of anilines is 2. The third-order valence-electron chi connectivity index (χ3n) is 6.25. The number of hydrogen-bond acceptors (Lipinski definition) is 11. The van der Waals surface area contributed by atoms with Crippen LogP contribution in [0.3, 0.4) is 0 Å². The van der Waals surface area contributed by atoms with Gasteiger partial charge in [0.05, 0.1) is 32.2 Å². The lowest BCUT2D eigenvalue weighted by Crippen LogP contribution is -2.30. The molecule has 0 heterocycles. The monoisotopic (exact) mass is 639 g/mol. The summed E-state index contributed by atoms with van der Waals surface area (Å²) in [7, 11) is -9.12. The molecule has 44 heavy (non-hydrogen) atoms. The third-order valence-corrected chi connectivity index (χ3v) is 9.77. The second-order valence-electron chi connectivity index (χ2n) is 9.53. The minimum Gasteiger partial charge on any atom is -0.491 e. The van der Waals surface area contributed by atoms with E-state index < -0.39 is 41.7 Å². The topological polar surface area (TPSA) is 190 Å². The van der Waals surface area contributed by atoms with Gasteiger partial charge in [-0.1, -0.05) is 25.1 Å². The van der Waals surface area contributed by atoms with Crippen molar-refractivity contribution >= 4 is 48.5 Å². The fraction of sp³-hybridized carbons (Fsp3) is 0.172. The van der Waals surface area contributed by atoms with Gasteiger partial charge in [0.25, 0.3) is 25.7 Å². The Hall–Kier alpha value is -4.70. The molecule has 1 unspecified atom stereocenters. The molecule has 4 aromatic rings. The van der Waals surface area contributed by atoms with Gasteiger partial charge in [-0.05, 0) is 85.6 Å². The summed E-state index contributed by atoms with van der Waals surface area (Å²) in [6.07, 6.45) is 0.0524. The summed E-state index contributed by atoms with van der Waals surface area (Å²) in [6, 6.07) is 21.6. The number of nitro groups is 1. The van der Waals surface area contributed by atoms with E-state index in [0.717, 1.165) is 17.7 Å². The summed E-state index contributed by atoms with van der Waals surface area (Å²) in [5.41, 5.74) is 1.79. The van der Waals surface area contributed by atoms with Gasteiger partial charge in [-0.3, -0.25) is 10.1 Å². The third kappa shape index (κ3) is 8.23. The molecule has 0 saturated carbocycles. The number of azo groups is 1. The number of nitro benzene ring substituents is 1. The molecule has 1 atom stereocenters. The van der Waals surface area contributed by atoms with Crippen molar-refractivity contribution < 1.29 is 31.6 Å². The van der Waals surface area contributed by atoms with E-state index in [-0.39, 0.29) is 17.2 Å². The standard InChI is InChI=1S/C29H29N5O8S2/c1-3-23(35)19-42-24-13-15-27(20(2)17-24)32-31-22-11-9-21(10-12-22)30-28-16-14-26(18-29(28)34(36)37)44(40,41)33-43(38,39)25-7-5-4-6-8-25/h4-18,23,30,33,35H,3,19H2,1-2H3. The van der Waals surface area contributed by atoms with E-state index >= 15 is 0 Å². The van der Waals surface area contributed by atoms with E-state index in [1.807, 2.05) is 13.8 Å². The van der Waals surface area contributed by atoms with Gasteiger partial charge in [0.1, 0.15) is 18.0 Å². The van der Waals surface area contributed by atoms with E-state index in [1.165, 1.54) is 30.3 Å². The normalized spacial score (nSPS) is 12.6. The van der Waals surface area contributed by atoms with E-state index in [0.29, 0.717) is 29.2 Å². The Labute approximate surface area is 254 Å². The minimum atomic E-state index is -4.67. The van der Waals surface area contributed by atoms with Crippen molar-refractivity contribution in [2.45, 2.75) is 36.2 Å². The molecule has 0 fully saturated rings. The van der Waals surface area contributed by atoms with Crippen LogP contribution in [0, 0.1) is 17.0 Å². The van der Waals surface area contributed by atoms with Crippen LogP contribution >= 0.6 is 0 Å². The largest absolute Gasteiger partial charge is 0.491 e. The van der Waals surface area contributed by atoms with E-state index in [2.05, 4.69) is 15.5 Å². The first-order valence-corrected chi connectivity index (χ1v) is 16.2. The molecule has 0 radical (unpaired) electrons. The predicted octanol–water partition coefficient (Wildman–Crippen LogP) is 5.88. The quantitative estimate of drug-likeness (QED) is 0.0911. The maximum Gasteiger partial charge on any atom is 0.294 e. The summed E-state index contributed by atoms with van der Waals surface area (Å²) in [4.78, 5) is 10.1. The highest BCUT2D eigenvalue weighted by atomic mass is 32.3. The molecular formula is C29H29N5O8S2. The first-order chi connectivity index (χ1) is 20.9. The molecule has 0 spiro atoms. The summed E-state index contributed by atoms with van der Waals surface area (Å²) in [5.74, 6) is 0.609. The smallest absolute Gasteiger partial charge is 0.294 e. The Balaban J connectivity index is 1.46. The molecule has 4 aromatic carbocycles. The SMILES string of the molecule is CCC(O)COc1ccc(N=Nc2ccc(Nc3ccc(S(=O)(=O)NS(=O)(=O)c4ccccc4)cc3[N+](=O)[O-])cc2)c(C)c1. The fourth-order valence-corrected chi connectivity index (χ4v) is 6.75. The Morgan fingerprint density at radius 1 is 0.886 bits per heavy atom. The number of hydrogen-bond donors (Lipinski definition) is 3. The molecular weight excluding hydrogens is 610 g/mol. The van der Waals surface area contributed by atoms with Crippen molar-refractivity contribution in [2.75, 3.05) is 11.9 Å². The van der Waals surface area contributed by atoms with Crippen molar-refractivity contribution in [1.82, 2.24) is 4.13 Å². The number of ether oxygens (including phenoxy) is 1. The van der Waals surface area contributed by atoms with Gasteiger partial charge in [-0.2, -0.15) is 10.2 Å². The molecule has 4 rings (SSSR count). The van der Waals surface area contributed by atoms with Crippen molar-refractivity contribution in [3.05, 3.63) is 107 Å². The lowest BCUT2D eigenvalue weighted by atomic mass is 10.2. The van der Waals surface area contributed by atoms with Crippen LogP contribution in [0.25, 0.3) is 0 Å². The average Bonchev–Trinajstić information content (AvgIpc) is 3.00. The zero-order chi connectivity index (χ0) is 31.9. The lowest BCUT2D eigenvalue weighted by Gasteiger charge is -2.11. The molecule has 230 valence electrons. The van der Waals surface area contributed by atoms with Gasteiger partial charge in [-0.15, -0.1) is 4.13 Å². The molecule has 0 aliphatic rings. The van der Waals surface area contributed by atoms with Crippen LogP contribution in [0.2, 0.25) is 0 Å². The number of aryl methyl sites for hydroxylation is 1. The van der Waals surface area contributed by atoms with Crippen molar-refractivity contribution in [2.24, 2.45) is 10.2 Å². The number of benzene rings is 4. The number of aliphatic hydroxyl groups is 1. The van der Waals surface area contributed by atoms with Crippen LogP contribution in [0.1, 0.15) is 18.9 Å². The molecule has 0 aliphatic carbocycles. The van der Waals surface area contributed by atoms with Crippen LogP contribution in [-0.4, -0.2) is 39.6 Å². The van der Waals surface area contributed by atoms with Gasteiger partial charge >= 0.3 is 0 Å². The minimum absolute atomic E-state index is 0.0152. The molecule has 0 saturated heterocycles. The first kappa shape index (κ1) is 32.2. The fourth-order valence-electron chi connectivity index (χ4n) is 3.79. The summed E-state index contributed by atoms with van der Waals surface area (Å²) < 4.78 is 57.8. The number of nitrogens with zero attached hydrogens (tertiary/aromatic N) is 3. The van der Waals surface area contributed by atoms with E-state index in [9.17, 15) is 32.1 Å². The zero-order valence-corrected chi connectivity index (χ0v) is 25.2. The maximum absolute atomic E-state index is 12.8. The Morgan fingerprint density at radius 3 is 2.20 bits per heavy atom. The highest BCUT2D eigenvalue weighted by molar-refractivity contribution is 8.04. The molecule has 0 aromatic heterocycles. The maximum atomic E-state index is 12.8. The highest BCUT2D eigenvalue weighted by Gasteiger charge is 2.27.